The first-order valence-corrected chi connectivity index (χ1v) is 10.0. The number of amidine groups is 1. The van der Waals surface area contributed by atoms with Crippen molar-refractivity contribution in [1.82, 2.24) is 10.1 Å². The summed E-state index contributed by atoms with van der Waals surface area (Å²) < 4.78 is 20.5. The summed E-state index contributed by atoms with van der Waals surface area (Å²) in [5.74, 6) is 0.935. The lowest BCUT2D eigenvalue weighted by atomic mass is 10.1. The predicted octanol–water partition coefficient (Wildman–Crippen LogP) is 4.70. The highest BCUT2D eigenvalue weighted by Gasteiger charge is 2.18. The van der Waals surface area contributed by atoms with Crippen molar-refractivity contribution in [2.24, 2.45) is 4.99 Å². The molecule has 0 fully saturated rings. The fourth-order valence-corrected chi connectivity index (χ4v) is 4.10. The summed E-state index contributed by atoms with van der Waals surface area (Å²) >= 11 is 7.11. The van der Waals surface area contributed by atoms with Crippen molar-refractivity contribution in [3.8, 4) is 11.3 Å². The lowest BCUT2D eigenvalue weighted by Gasteiger charge is -2.14. The molecule has 2 aromatic heterocycles. The Balaban J connectivity index is 1.46. The maximum absolute atomic E-state index is 14.6. The summed E-state index contributed by atoms with van der Waals surface area (Å²) in [6.45, 7) is 1.56. The minimum absolute atomic E-state index is 0.00755. The summed E-state index contributed by atoms with van der Waals surface area (Å²) in [6.07, 6.45) is 0.668. The van der Waals surface area contributed by atoms with Gasteiger partial charge in [-0.2, -0.15) is 0 Å². The van der Waals surface area contributed by atoms with E-state index in [0.29, 0.717) is 32.7 Å². The molecule has 1 aliphatic heterocycles. The molecule has 3 heterocycles. The van der Waals surface area contributed by atoms with E-state index < -0.39 is 0 Å². The molecule has 5 nitrogen and oxygen atoms in total. The van der Waals surface area contributed by atoms with E-state index in [4.69, 9.17) is 16.1 Å². The molecule has 8 heteroatoms. The maximum atomic E-state index is 14.6. The number of likely N-dealkylation sites (N-methyl/N-ethyl adjacent to an activating group) is 1. The maximum Gasteiger partial charge on any atom is 0.173 e. The number of carbonyl (C=O) groups excluding carboxylic acids is 1. The molecule has 0 saturated carbocycles. The van der Waals surface area contributed by atoms with Crippen molar-refractivity contribution in [2.75, 3.05) is 20.1 Å². The second-order valence-electron chi connectivity index (χ2n) is 6.53. The molecule has 0 radical (unpaired) electrons. The van der Waals surface area contributed by atoms with E-state index in [2.05, 4.69) is 10.1 Å². The fourth-order valence-electron chi connectivity index (χ4n) is 3.09. The van der Waals surface area contributed by atoms with Gasteiger partial charge >= 0.3 is 0 Å². The van der Waals surface area contributed by atoms with Crippen LogP contribution >= 0.6 is 22.9 Å². The lowest BCUT2D eigenvalue weighted by Crippen LogP contribution is -2.23. The number of aliphatic imine (C=N–C) groups is 1. The van der Waals surface area contributed by atoms with E-state index in [-0.39, 0.29) is 18.0 Å². The quantitative estimate of drug-likeness (QED) is 0.545. The Bertz CT molecular complexity index is 1060. The Hall–Kier alpha value is -2.51. The van der Waals surface area contributed by atoms with Crippen LogP contribution in [0.1, 0.15) is 27.4 Å². The summed E-state index contributed by atoms with van der Waals surface area (Å²) in [5, 5.41) is 3.96. The average Bonchev–Trinajstić information content (AvgIpc) is 3.41. The fraction of sp³-hybridized carbons (Fsp3) is 0.250. The molecule has 3 aromatic rings. The summed E-state index contributed by atoms with van der Waals surface area (Å²) in [5.41, 5.74) is 1.51. The second kappa shape index (κ2) is 7.85. The highest BCUT2D eigenvalue weighted by molar-refractivity contribution is 7.18. The van der Waals surface area contributed by atoms with Crippen molar-refractivity contribution >= 4 is 34.6 Å². The highest BCUT2D eigenvalue weighted by atomic mass is 35.5. The zero-order valence-corrected chi connectivity index (χ0v) is 16.7. The first-order chi connectivity index (χ1) is 13.5. The molecule has 1 aromatic carbocycles. The summed E-state index contributed by atoms with van der Waals surface area (Å²) in [4.78, 5) is 19.2. The Morgan fingerprint density at radius 1 is 1.32 bits per heavy atom. The van der Waals surface area contributed by atoms with E-state index in [1.807, 2.05) is 18.0 Å². The van der Waals surface area contributed by atoms with Gasteiger partial charge in [0.05, 0.1) is 15.8 Å². The predicted molar refractivity (Wildman–Crippen MR) is 108 cm³/mol. The van der Waals surface area contributed by atoms with E-state index in [1.165, 1.54) is 17.4 Å². The molecule has 0 spiro atoms. The van der Waals surface area contributed by atoms with E-state index >= 15 is 0 Å². The van der Waals surface area contributed by atoms with Gasteiger partial charge in [-0.3, -0.25) is 9.79 Å². The monoisotopic (exact) mass is 417 g/mol. The normalized spacial score (nSPS) is 13.8. The number of aromatic nitrogens is 1. The SMILES string of the molecule is CN1CCN=C1c1ccc(-c2cc(CCC(=O)c3ccc(Cl)s3)on2)c(F)c1. The molecule has 4 rings (SSSR count). The Kier molecular flexibility index (Phi) is 5.28. The molecule has 28 heavy (non-hydrogen) atoms. The molecule has 144 valence electrons. The van der Waals surface area contributed by atoms with Crippen LogP contribution in [0, 0.1) is 5.82 Å². The largest absolute Gasteiger partial charge is 0.361 e. The van der Waals surface area contributed by atoms with Crippen molar-refractivity contribution < 1.29 is 13.7 Å². The number of ketones is 1. The number of benzene rings is 1. The number of nitrogens with zero attached hydrogens (tertiary/aromatic N) is 3. The van der Waals surface area contributed by atoms with Gasteiger partial charge in [0.25, 0.3) is 0 Å². The lowest BCUT2D eigenvalue weighted by molar-refractivity contribution is 0.0984. The van der Waals surface area contributed by atoms with Crippen molar-refractivity contribution in [3.63, 3.8) is 0 Å². The zero-order valence-electron chi connectivity index (χ0n) is 15.1. The first-order valence-electron chi connectivity index (χ1n) is 8.81. The molecule has 1 aliphatic rings. The minimum atomic E-state index is -0.385. The van der Waals surface area contributed by atoms with Crippen LogP contribution in [0.4, 0.5) is 4.39 Å². The molecule has 0 N–H and O–H groups in total. The van der Waals surface area contributed by atoms with Crippen molar-refractivity contribution in [3.05, 3.63) is 62.8 Å². The number of aryl methyl sites for hydroxylation is 1. The van der Waals surface area contributed by atoms with Gasteiger partial charge < -0.3 is 9.42 Å². The van der Waals surface area contributed by atoms with Gasteiger partial charge in [-0.15, -0.1) is 11.3 Å². The van der Waals surface area contributed by atoms with E-state index in [1.54, 1.807) is 24.3 Å². The Labute approximate surface area is 170 Å². The van der Waals surface area contributed by atoms with Gasteiger partial charge in [0.1, 0.15) is 23.1 Å². The van der Waals surface area contributed by atoms with Crippen LogP contribution in [-0.2, 0) is 6.42 Å². The van der Waals surface area contributed by atoms with Crippen LogP contribution in [0.25, 0.3) is 11.3 Å². The van der Waals surface area contributed by atoms with Gasteiger partial charge in [-0.25, -0.2) is 4.39 Å². The number of carbonyl (C=O) groups is 1. The minimum Gasteiger partial charge on any atom is -0.361 e. The molecule has 0 atom stereocenters. The third-order valence-electron chi connectivity index (χ3n) is 4.57. The average molecular weight is 418 g/mol. The van der Waals surface area contributed by atoms with E-state index in [9.17, 15) is 9.18 Å². The van der Waals surface area contributed by atoms with Gasteiger partial charge in [-0.1, -0.05) is 22.8 Å². The third-order valence-corrected chi connectivity index (χ3v) is 5.84. The Morgan fingerprint density at radius 3 is 2.86 bits per heavy atom. The van der Waals surface area contributed by atoms with Crippen LogP contribution in [0.3, 0.4) is 0 Å². The van der Waals surface area contributed by atoms with Crippen LogP contribution in [-0.4, -0.2) is 41.8 Å². The standard InChI is InChI=1S/C20H17ClFN3O2S/c1-25-9-8-23-20(25)12-2-4-14(15(22)10-12)16-11-13(27-24-16)3-5-17(26)18-6-7-19(21)28-18/h2,4,6-7,10-11H,3,5,8-9H2,1H3. The number of halogens is 2. The molecule has 0 amide bonds. The molecule has 0 saturated heterocycles. The van der Waals surface area contributed by atoms with Crippen molar-refractivity contribution in [1.29, 1.82) is 0 Å². The van der Waals surface area contributed by atoms with Crippen LogP contribution in [0.15, 0.2) is 45.9 Å². The number of Topliss-reactive ketones (excluding diaryl/α,β-unsaturated/α-hetero) is 1. The van der Waals surface area contributed by atoms with Crippen LogP contribution < -0.4 is 0 Å². The van der Waals surface area contributed by atoms with Gasteiger partial charge in [-0.05, 0) is 24.3 Å². The van der Waals surface area contributed by atoms with Crippen LogP contribution in [0.2, 0.25) is 4.34 Å². The van der Waals surface area contributed by atoms with E-state index in [0.717, 1.165) is 24.5 Å². The van der Waals surface area contributed by atoms with Crippen molar-refractivity contribution in [2.45, 2.75) is 12.8 Å². The topological polar surface area (TPSA) is 58.7 Å². The van der Waals surface area contributed by atoms with Gasteiger partial charge in [0, 0.05) is 43.6 Å². The van der Waals surface area contributed by atoms with Gasteiger partial charge in [0.2, 0.25) is 0 Å². The molecular weight excluding hydrogens is 401 g/mol. The molecule has 0 unspecified atom stereocenters. The number of hydrogen-bond donors (Lipinski definition) is 0. The van der Waals surface area contributed by atoms with Gasteiger partial charge in [0.15, 0.2) is 5.78 Å². The third kappa shape index (κ3) is 3.86. The summed E-state index contributed by atoms with van der Waals surface area (Å²) in [7, 11) is 1.94. The van der Waals surface area contributed by atoms with Crippen LogP contribution in [0.5, 0.6) is 0 Å². The molecule has 0 aliphatic carbocycles. The number of rotatable bonds is 6. The zero-order chi connectivity index (χ0) is 19.7. The number of thiophene rings is 1. The summed E-state index contributed by atoms with van der Waals surface area (Å²) in [6, 6.07) is 10.1. The highest BCUT2D eigenvalue weighted by Crippen LogP contribution is 2.26. The second-order valence-corrected chi connectivity index (χ2v) is 8.24. The first kappa shape index (κ1) is 18.8. The smallest absolute Gasteiger partial charge is 0.173 e. The molecular formula is C20H17ClFN3O2S. The number of hydrogen-bond acceptors (Lipinski definition) is 6. The molecule has 0 bridgehead atoms. The Morgan fingerprint density at radius 2 is 2.18 bits per heavy atom.